The SMILES string of the molecule is CC1Nc2ccccc2C(=O)N1c1c(Cl)cccc1Cl. The third-order valence-corrected chi connectivity index (χ3v) is 3.92. The molecule has 0 fully saturated rings. The predicted octanol–water partition coefficient (Wildman–Crippen LogP) is 4.41. The summed E-state index contributed by atoms with van der Waals surface area (Å²) in [5.74, 6) is -0.109. The first-order valence-corrected chi connectivity index (χ1v) is 6.98. The number of amides is 1. The molecule has 3 nitrogen and oxygen atoms in total. The Hall–Kier alpha value is -1.71. The molecule has 0 aromatic heterocycles. The summed E-state index contributed by atoms with van der Waals surface area (Å²) in [4.78, 5) is 14.3. The summed E-state index contributed by atoms with van der Waals surface area (Å²) >= 11 is 12.4. The number of carbonyl (C=O) groups is 1. The van der Waals surface area contributed by atoms with E-state index < -0.39 is 0 Å². The maximum absolute atomic E-state index is 12.7. The summed E-state index contributed by atoms with van der Waals surface area (Å²) in [6, 6.07) is 12.6. The molecule has 20 heavy (non-hydrogen) atoms. The molecule has 1 N–H and O–H groups in total. The highest BCUT2D eigenvalue weighted by Gasteiger charge is 2.32. The van der Waals surface area contributed by atoms with Gasteiger partial charge >= 0.3 is 0 Å². The van der Waals surface area contributed by atoms with Crippen LogP contribution in [0.5, 0.6) is 0 Å². The van der Waals surface area contributed by atoms with Crippen LogP contribution in [-0.2, 0) is 0 Å². The number of rotatable bonds is 1. The van der Waals surface area contributed by atoms with Crippen LogP contribution in [0.1, 0.15) is 17.3 Å². The number of nitrogens with zero attached hydrogens (tertiary/aromatic N) is 1. The molecule has 102 valence electrons. The fourth-order valence-electron chi connectivity index (χ4n) is 2.41. The number of hydrogen-bond acceptors (Lipinski definition) is 2. The molecule has 1 amide bonds. The van der Waals surface area contributed by atoms with Gasteiger partial charge < -0.3 is 5.32 Å². The van der Waals surface area contributed by atoms with Crippen molar-refractivity contribution in [1.29, 1.82) is 0 Å². The largest absolute Gasteiger partial charge is 0.364 e. The van der Waals surface area contributed by atoms with Crippen molar-refractivity contribution in [2.75, 3.05) is 10.2 Å². The van der Waals surface area contributed by atoms with Crippen LogP contribution in [0.2, 0.25) is 10.0 Å². The van der Waals surface area contributed by atoms with Gasteiger partial charge in [0, 0.05) is 5.69 Å². The van der Waals surface area contributed by atoms with Crippen molar-refractivity contribution in [3.05, 3.63) is 58.1 Å². The van der Waals surface area contributed by atoms with Gasteiger partial charge in [-0.2, -0.15) is 0 Å². The van der Waals surface area contributed by atoms with E-state index in [1.807, 2.05) is 25.1 Å². The Morgan fingerprint density at radius 1 is 1.05 bits per heavy atom. The van der Waals surface area contributed by atoms with E-state index in [0.717, 1.165) is 5.69 Å². The number of carbonyl (C=O) groups excluding carboxylic acids is 1. The summed E-state index contributed by atoms with van der Waals surface area (Å²) in [5.41, 5.74) is 1.97. The molecule has 0 spiro atoms. The minimum Gasteiger partial charge on any atom is -0.364 e. The Labute approximate surface area is 127 Å². The second kappa shape index (κ2) is 5.00. The molecule has 5 heteroatoms. The van der Waals surface area contributed by atoms with Crippen LogP contribution >= 0.6 is 23.2 Å². The molecule has 1 heterocycles. The molecule has 3 rings (SSSR count). The molecular formula is C15H12Cl2N2O. The Bertz CT molecular complexity index is 667. The second-order valence-corrected chi connectivity index (χ2v) is 5.43. The number of hydrogen-bond donors (Lipinski definition) is 1. The van der Waals surface area contributed by atoms with E-state index in [9.17, 15) is 4.79 Å². The van der Waals surface area contributed by atoms with Crippen molar-refractivity contribution in [3.8, 4) is 0 Å². The summed E-state index contributed by atoms with van der Waals surface area (Å²) in [5, 5.41) is 4.20. The normalized spacial score (nSPS) is 17.6. The molecule has 0 saturated heterocycles. The zero-order chi connectivity index (χ0) is 14.3. The molecule has 2 aromatic carbocycles. The number of para-hydroxylation sites is 2. The lowest BCUT2D eigenvalue weighted by Gasteiger charge is -2.36. The highest BCUT2D eigenvalue weighted by molar-refractivity contribution is 6.40. The first-order valence-electron chi connectivity index (χ1n) is 6.22. The molecule has 2 aromatic rings. The van der Waals surface area contributed by atoms with Crippen LogP contribution in [0.4, 0.5) is 11.4 Å². The maximum atomic E-state index is 12.7. The van der Waals surface area contributed by atoms with E-state index in [1.54, 1.807) is 29.2 Å². The van der Waals surface area contributed by atoms with Crippen LogP contribution in [0.15, 0.2) is 42.5 Å². The fourth-order valence-corrected chi connectivity index (χ4v) is 2.98. The Morgan fingerprint density at radius 2 is 1.70 bits per heavy atom. The number of halogens is 2. The Balaban J connectivity index is 2.14. The number of nitrogens with one attached hydrogen (secondary N) is 1. The number of anilines is 2. The summed E-state index contributed by atoms with van der Waals surface area (Å²) in [6.45, 7) is 1.90. The van der Waals surface area contributed by atoms with Crippen molar-refractivity contribution in [3.63, 3.8) is 0 Å². The van der Waals surface area contributed by atoms with Gasteiger partial charge in [-0.05, 0) is 31.2 Å². The van der Waals surface area contributed by atoms with Gasteiger partial charge in [-0.15, -0.1) is 0 Å². The molecule has 0 aliphatic carbocycles. The van der Waals surface area contributed by atoms with Gasteiger partial charge in [0.25, 0.3) is 5.91 Å². The van der Waals surface area contributed by atoms with Crippen LogP contribution in [0, 0.1) is 0 Å². The van der Waals surface area contributed by atoms with Crippen LogP contribution in [0.25, 0.3) is 0 Å². The predicted molar refractivity (Wildman–Crippen MR) is 82.8 cm³/mol. The zero-order valence-corrected chi connectivity index (χ0v) is 12.2. The van der Waals surface area contributed by atoms with Crippen LogP contribution in [-0.4, -0.2) is 12.1 Å². The summed E-state index contributed by atoms with van der Waals surface area (Å²) < 4.78 is 0. The van der Waals surface area contributed by atoms with Gasteiger partial charge in [-0.1, -0.05) is 41.4 Å². The monoisotopic (exact) mass is 306 g/mol. The van der Waals surface area contributed by atoms with Crippen molar-refractivity contribution < 1.29 is 4.79 Å². The lowest BCUT2D eigenvalue weighted by Crippen LogP contribution is -2.47. The standard InChI is InChI=1S/C15H12Cl2N2O/c1-9-18-13-8-3-2-5-10(13)15(20)19(9)14-11(16)6-4-7-12(14)17/h2-9,18H,1H3. The van der Waals surface area contributed by atoms with Crippen molar-refractivity contribution in [2.45, 2.75) is 13.1 Å². The lowest BCUT2D eigenvalue weighted by molar-refractivity contribution is 0.0977. The molecule has 0 saturated carbocycles. The Kier molecular flexibility index (Phi) is 3.32. The van der Waals surface area contributed by atoms with E-state index >= 15 is 0 Å². The maximum Gasteiger partial charge on any atom is 0.262 e. The van der Waals surface area contributed by atoms with Crippen molar-refractivity contribution >= 4 is 40.5 Å². The summed E-state index contributed by atoms with van der Waals surface area (Å²) in [7, 11) is 0. The first kappa shape index (κ1) is 13.3. The Morgan fingerprint density at radius 3 is 2.40 bits per heavy atom. The molecule has 1 atom stereocenters. The highest BCUT2D eigenvalue weighted by atomic mass is 35.5. The number of fused-ring (bicyclic) bond motifs is 1. The smallest absolute Gasteiger partial charge is 0.262 e. The van der Waals surface area contributed by atoms with Gasteiger partial charge in [-0.25, -0.2) is 0 Å². The van der Waals surface area contributed by atoms with Crippen molar-refractivity contribution in [2.24, 2.45) is 0 Å². The average Bonchev–Trinajstić information content (AvgIpc) is 2.42. The lowest BCUT2D eigenvalue weighted by atomic mass is 10.1. The first-order chi connectivity index (χ1) is 9.59. The van der Waals surface area contributed by atoms with Gasteiger partial charge in [0.1, 0.15) is 6.17 Å². The van der Waals surface area contributed by atoms with Crippen LogP contribution in [0.3, 0.4) is 0 Å². The second-order valence-electron chi connectivity index (χ2n) is 4.61. The van der Waals surface area contributed by atoms with Gasteiger partial charge in [0.2, 0.25) is 0 Å². The van der Waals surface area contributed by atoms with E-state index in [0.29, 0.717) is 21.3 Å². The third-order valence-electron chi connectivity index (χ3n) is 3.31. The molecule has 0 bridgehead atoms. The fraction of sp³-hybridized carbons (Fsp3) is 0.133. The molecule has 0 radical (unpaired) electrons. The molecule has 1 aliphatic rings. The molecule has 1 aliphatic heterocycles. The summed E-state index contributed by atoms with van der Waals surface area (Å²) in [6.07, 6.45) is -0.227. The van der Waals surface area contributed by atoms with E-state index in [4.69, 9.17) is 23.2 Å². The highest BCUT2D eigenvalue weighted by Crippen LogP contribution is 2.38. The minimum atomic E-state index is -0.227. The number of benzene rings is 2. The van der Waals surface area contributed by atoms with Crippen molar-refractivity contribution in [1.82, 2.24) is 0 Å². The average molecular weight is 307 g/mol. The zero-order valence-electron chi connectivity index (χ0n) is 10.7. The minimum absolute atomic E-state index is 0.109. The third kappa shape index (κ3) is 2.03. The van der Waals surface area contributed by atoms with Gasteiger partial charge in [0.05, 0.1) is 21.3 Å². The van der Waals surface area contributed by atoms with E-state index in [1.165, 1.54) is 0 Å². The van der Waals surface area contributed by atoms with Gasteiger partial charge in [-0.3, -0.25) is 9.69 Å². The molecule has 1 unspecified atom stereocenters. The van der Waals surface area contributed by atoms with Gasteiger partial charge in [0.15, 0.2) is 0 Å². The topological polar surface area (TPSA) is 32.3 Å². The van der Waals surface area contributed by atoms with E-state index in [2.05, 4.69) is 5.32 Å². The quantitative estimate of drug-likeness (QED) is 0.846. The van der Waals surface area contributed by atoms with E-state index in [-0.39, 0.29) is 12.1 Å². The molecular weight excluding hydrogens is 295 g/mol. The van der Waals surface area contributed by atoms with Crippen LogP contribution < -0.4 is 10.2 Å².